The van der Waals surface area contributed by atoms with Gasteiger partial charge in [0.15, 0.2) is 6.10 Å². The van der Waals surface area contributed by atoms with Gasteiger partial charge in [-0.2, -0.15) is 0 Å². The molecule has 0 rings (SSSR count). The van der Waals surface area contributed by atoms with Crippen LogP contribution in [-0.4, -0.2) is 37.2 Å². The van der Waals surface area contributed by atoms with Crippen molar-refractivity contribution >= 4 is 17.9 Å². The van der Waals surface area contributed by atoms with Gasteiger partial charge in [0.1, 0.15) is 13.2 Å². The van der Waals surface area contributed by atoms with Crippen LogP contribution in [0.15, 0.2) is 12.2 Å². The van der Waals surface area contributed by atoms with E-state index in [0.717, 1.165) is 64.2 Å². The summed E-state index contributed by atoms with van der Waals surface area (Å²) >= 11 is 0. The summed E-state index contributed by atoms with van der Waals surface area (Å²) in [6, 6.07) is 0. The Bertz CT molecular complexity index is 916. The molecule has 0 N–H and O–H groups in total. The van der Waals surface area contributed by atoms with Gasteiger partial charge < -0.3 is 14.2 Å². The molecule has 0 saturated heterocycles. The summed E-state index contributed by atoms with van der Waals surface area (Å²) in [6.45, 7) is 6.65. The Morgan fingerprint density at radius 2 is 0.559 bits per heavy atom. The van der Waals surface area contributed by atoms with E-state index < -0.39 is 6.10 Å². The highest BCUT2D eigenvalue weighted by atomic mass is 16.6. The molecule has 0 aliphatic carbocycles. The van der Waals surface area contributed by atoms with E-state index in [-0.39, 0.29) is 31.1 Å². The molecule has 0 aliphatic heterocycles. The van der Waals surface area contributed by atoms with Crippen LogP contribution in [0.4, 0.5) is 0 Å². The lowest BCUT2D eigenvalue weighted by atomic mass is 10.0. The predicted octanol–water partition coefficient (Wildman–Crippen LogP) is 17.0. The largest absolute Gasteiger partial charge is 0.462 e. The lowest BCUT2D eigenvalue weighted by Crippen LogP contribution is -2.30. The molecule has 0 aromatic carbocycles. The Hall–Kier alpha value is -1.85. The van der Waals surface area contributed by atoms with Crippen LogP contribution >= 0.6 is 0 Å². The third-order valence-corrected chi connectivity index (χ3v) is 11.8. The van der Waals surface area contributed by atoms with Gasteiger partial charge >= 0.3 is 17.9 Å². The summed E-state index contributed by atoms with van der Waals surface area (Å²) < 4.78 is 16.8. The van der Waals surface area contributed by atoms with Crippen molar-refractivity contribution in [3.05, 3.63) is 12.2 Å². The van der Waals surface area contributed by atoms with Crippen molar-refractivity contribution < 1.29 is 28.6 Å². The molecule has 0 heterocycles. The monoisotopic (exact) mass is 833 g/mol. The predicted molar refractivity (Wildman–Crippen MR) is 252 cm³/mol. The standard InChI is InChI=1S/C53H100O6/c1-4-7-10-13-16-19-22-24-26-28-31-33-36-39-42-45-51(54)57-48-50(59-53(56)47-44-41-38-35-30-21-18-15-12-9-6-3)49-58-52(55)46-43-40-37-34-32-29-27-25-23-20-17-14-11-8-5-2/h24,26,50H,4-23,25,27-49H2,1-3H3/b26-24-/t50-/m1/s1. The molecule has 0 aromatic rings. The van der Waals surface area contributed by atoms with E-state index in [9.17, 15) is 14.4 Å². The topological polar surface area (TPSA) is 78.9 Å². The van der Waals surface area contributed by atoms with Crippen LogP contribution in [0, 0.1) is 0 Å². The summed E-state index contributed by atoms with van der Waals surface area (Å²) in [7, 11) is 0. The molecule has 0 bridgehead atoms. The molecular weight excluding hydrogens is 733 g/mol. The van der Waals surface area contributed by atoms with Gasteiger partial charge in [-0.3, -0.25) is 14.4 Å². The first-order chi connectivity index (χ1) is 29.0. The Balaban J connectivity index is 4.31. The molecule has 0 fully saturated rings. The van der Waals surface area contributed by atoms with E-state index in [1.165, 1.54) is 186 Å². The molecular formula is C53H100O6. The molecule has 0 aliphatic rings. The maximum Gasteiger partial charge on any atom is 0.306 e. The van der Waals surface area contributed by atoms with Crippen molar-refractivity contribution in [3.63, 3.8) is 0 Å². The molecule has 1 atom stereocenters. The van der Waals surface area contributed by atoms with Gasteiger partial charge in [0.2, 0.25) is 0 Å². The number of hydrogen-bond donors (Lipinski definition) is 0. The van der Waals surface area contributed by atoms with Gasteiger partial charge in [0, 0.05) is 19.3 Å². The minimum Gasteiger partial charge on any atom is -0.462 e. The van der Waals surface area contributed by atoms with E-state index >= 15 is 0 Å². The zero-order valence-electron chi connectivity index (χ0n) is 39.8. The summed E-state index contributed by atoms with van der Waals surface area (Å²) in [4.78, 5) is 37.9. The van der Waals surface area contributed by atoms with Crippen LogP contribution in [-0.2, 0) is 28.6 Å². The third-order valence-electron chi connectivity index (χ3n) is 11.8. The van der Waals surface area contributed by atoms with Crippen molar-refractivity contribution in [1.29, 1.82) is 0 Å². The number of carbonyl (C=O) groups excluding carboxylic acids is 3. The molecule has 0 spiro atoms. The van der Waals surface area contributed by atoms with Gasteiger partial charge in [-0.1, -0.05) is 238 Å². The Morgan fingerprint density at radius 3 is 0.847 bits per heavy atom. The van der Waals surface area contributed by atoms with E-state index in [1.54, 1.807) is 0 Å². The van der Waals surface area contributed by atoms with Crippen molar-refractivity contribution in [2.24, 2.45) is 0 Å². The Labute approximate surface area is 367 Å². The van der Waals surface area contributed by atoms with E-state index in [4.69, 9.17) is 14.2 Å². The highest BCUT2D eigenvalue weighted by molar-refractivity contribution is 5.71. The minimum atomic E-state index is -0.765. The smallest absolute Gasteiger partial charge is 0.306 e. The van der Waals surface area contributed by atoms with Crippen LogP contribution in [0.5, 0.6) is 0 Å². The van der Waals surface area contributed by atoms with Crippen LogP contribution in [0.3, 0.4) is 0 Å². The number of carbonyl (C=O) groups is 3. The summed E-state index contributed by atoms with van der Waals surface area (Å²) in [6.07, 6.45) is 53.3. The highest BCUT2D eigenvalue weighted by Crippen LogP contribution is 2.16. The van der Waals surface area contributed by atoms with Gasteiger partial charge in [-0.25, -0.2) is 0 Å². The Kier molecular flexibility index (Phi) is 47.3. The fourth-order valence-corrected chi connectivity index (χ4v) is 7.79. The maximum absolute atomic E-state index is 12.8. The number of unbranched alkanes of at least 4 members (excludes halogenated alkanes) is 35. The van der Waals surface area contributed by atoms with Gasteiger partial charge in [-0.15, -0.1) is 0 Å². The number of rotatable bonds is 48. The SMILES string of the molecule is CCCCCCCC/C=C\CCCCCCCC(=O)OC[C@H](COC(=O)CCCCCCCCCCCCCCCCC)OC(=O)CCCCCCCCCCCCC. The summed E-state index contributed by atoms with van der Waals surface area (Å²) in [5, 5.41) is 0. The van der Waals surface area contributed by atoms with Crippen molar-refractivity contribution in [1.82, 2.24) is 0 Å². The molecule has 348 valence electrons. The minimum absolute atomic E-state index is 0.0672. The molecule has 0 unspecified atom stereocenters. The fraction of sp³-hybridized carbons (Fsp3) is 0.906. The quantitative estimate of drug-likeness (QED) is 0.0263. The maximum atomic E-state index is 12.8. The number of allylic oxidation sites excluding steroid dienone is 2. The second-order valence-corrected chi connectivity index (χ2v) is 17.8. The molecule has 6 nitrogen and oxygen atoms in total. The lowest BCUT2D eigenvalue weighted by molar-refractivity contribution is -0.167. The van der Waals surface area contributed by atoms with Gasteiger partial charge in [0.05, 0.1) is 0 Å². The fourth-order valence-electron chi connectivity index (χ4n) is 7.79. The average Bonchev–Trinajstić information content (AvgIpc) is 3.23. The number of esters is 3. The normalized spacial score (nSPS) is 12.0. The van der Waals surface area contributed by atoms with Crippen molar-refractivity contribution in [2.45, 2.75) is 297 Å². The molecule has 59 heavy (non-hydrogen) atoms. The van der Waals surface area contributed by atoms with Crippen molar-refractivity contribution in [3.8, 4) is 0 Å². The zero-order valence-corrected chi connectivity index (χ0v) is 39.8. The lowest BCUT2D eigenvalue weighted by Gasteiger charge is -2.18. The molecule has 0 aromatic heterocycles. The summed E-state index contributed by atoms with van der Waals surface area (Å²) in [5.41, 5.74) is 0. The molecule has 6 heteroatoms. The Morgan fingerprint density at radius 1 is 0.322 bits per heavy atom. The second-order valence-electron chi connectivity index (χ2n) is 17.8. The van der Waals surface area contributed by atoms with Crippen LogP contribution in [0.25, 0.3) is 0 Å². The van der Waals surface area contributed by atoms with Crippen molar-refractivity contribution in [2.75, 3.05) is 13.2 Å². The van der Waals surface area contributed by atoms with E-state index in [2.05, 4.69) is 32.9 Å². The molecule has 0 radical (unpaired) electrons. The highest BCUT2D eigenvalue weighted by Gasteiger charge is 2.19. The van der Waals surface area contributed by atoms with Gasteiger partial charge in [0.25, 0.3) is 0 Å². The van der Waals surface area contributed by atoms with E-state index in [1.807, 2.05) is 0 Å². The number of hydrogen-bond acceptors (Lipinski definition) is 6. The molecule has 0 saturated carbocycles. The number of ether oxygens (including phenoxy) is 3. The first-order valence-corrected chi connectivity index (χ1v) is 26.2. The van der Waals surface area contributed by atoms with Crippen LogP contribution in [0.2, 0.25) is 0 Å². The van der Waals surface area contributed by atoms with Gasteiger partial charge in [-0.05, 0) is 44.9 Å². The molecule has 0 amide bonds. The van der Waals surface area contributed by atoms with Crippen LogP contribution in [0.1, 0.15) is 290 Å². The van der Waals surface area contributed by atoms with E-state index in [0.29, 0.717) is 19.3 Å². The van der Waals surface area contributed by atoms with Crippen LogP contribution < -0.4 is 0 Å². The first kappa shape index (κ1) is 57.1. The first-order valence-electron chi connectivity index (χ1n) is 26.2. The average molecular weight is 833 g/mol. The summed E-state index contributed by atoms with van der Waals surface area (Å²) in [5.74, 6) is -0.860. The second kappa shape index (κ2) is 48.8. The zero-order chi connectivity index (χ0) is 43.0. The third kappa shape index (κ3) is 47.1.